The van der Waals surface area contributed by atoms with E-state index >= 15 is 0 Å². The van der Waals surface area contributed by atoms with Gasteiger partial charge in [-0.1, -0.05) is 23.7 Å². The highest BCUT2D eigenvalue weighted by molar-refractivity contribution is 7.16. The molecule has 2 aliphatic heterocycles. The highest BCUT2D eigenvalue weighted by atomic mass is 35.5. The Kier molecular flexibility index (Phi) is 5.06. The van der Waals surface area contributed by atoms with Crippen molar-refractivity contribution in [3.63, 3.8) is 0 Å². The van der Waals surface area contributed by atoms with Crippen molar-refractivity contribution in [1.29, 1.82) is 0 Å². The van der Waals surface area contributed by atoms with Gasteiger partial charge in [0, 0.05) is 47.5 Å². The van der Waals surface area contributed by atoms with Crippen molar-refractivity contribution in [2.45, 2.75) is 69.5 Å². The molecule has 1 aliphatic carbocycles. The first-order valence-corrected chi connectivity index (χ1v) is 12.8. The summed E-state index contributed by atoms with van der Waals surface area (Å²) in [6, 6.07) is 10.8. The zero-order valence-electron chi connectivity index (χ0n) is 18.1. The van der Waals surface area contributed by atoms with Gasteiger partial charge in [-0.3, -0.25) is 4.90 Å². The highest BCUT2D eigenvalue weighted by Crippen LogP contribution is 2.57. The van der Waals surface area contributed by atoms with Gasteiger partial charge in [0.05, 0.1) is 5.69 Å². The Morgan fingerprint density at radius 2 is 2.00 bits per heavy atom. The smallest absolute Gasteiger partial charge is 0.127 e. The van der Waals surface area contributed by atoms with Crippen molar-refractivity contribution < 1.29 is 0 Å². The van der Waals surface area contributed by atoms with Crippen LogP contribution < -0.4 is 5.32 Å². The number of rotatable bonds is 4. The average molecular weight is 453 g/mol. The molecule has 3 fully saturated rings. The van der Waals surface area contributed by atoms with E-state index in [-0.39, 0.29) is 0 Å². The molecule has 0 amide bonds. The van der Waals surface area contributed by atoms with Crippen LogP contribution in [0.25, 0.3) is 10.2 Å². The number of likely N-dealkylation sites (tertiary alicyclic amines) is 1. The predicted octanol–water partition coefficient (Wildman–Crippen LogP) is 5.81. The maximum atomic E-state index is 6.86. The van der Waals surface area contributed by atoms with Crippen LogP contribution in [0.15, 0.2) is 29.6 Å². The van der Waals surface area contributed by atoms with Crippen LogP contribution in [0.4, 0.5) is 0 Å². The van der Waals surface area contributed by atoms with Gasteiger partial charge in [-0.2, -0.15) is 0 Å². The Hall–Kier alpha value is -1.53. The van der Waals surface area contributed by atoms with Crippen molar-refractivity contribution >= 4 is 33.2 Å². The second kappa shape index (κ2) is 7.80. The van der Waals surface area contributed by atoms with Gasteiger partial charge < -0.3 is 5.32 Å². The number of hydrogen-bond acceptors (Lipinski definition) is 5. The third-order valence-electron chi connectivity index (χ3n) is 7.62. The SMILES string of the molecule is Cc1nc([C@H]2C[C@@H]2c2ccc([C@H](C)N3CC[C@H]4CC[C@@H](C3)N4)cc2Cl)c2ccsc2n1. The molecule has 2 bridgehead atoms. The minimum absolute atomic E-state index is 0.401. The second-order valence-electron chi connectivity index (χ2n) is 9.62. The first-order chi connectivity index (χ1) is 15.1. The monoisotopic (exact) mass is 452 g/mol. The molecule has 1 aromatic carbocycles. The fourth-order valence-electron chi connectivity index (χ4n) is 5.75. The van der Waals surface area contributed by atoms with Gasteiger partial charge in [-0.25, -0.2) is 9.97 Å². The van der Waals surface area contributed by atoms with Gasteiger partial charge in [0.25, 0.3) is 0 Å². The van der Waals surface area contributed by atoms with Crippen molar-refractivity contribution in [2.24, 2.45) is 0 Å². The number of benzene rings is 1. The van der Waals surface area contributed by atoms with Crippen LogP contribution in [0.1, 0.15) is 73.1 Å². The molecule has 4 heterocycles. The first kappa shape index (κ1) is 20.1. The van der Waals surface area contributed by atoms with Crippen molar-refractivity contribution in [2.75, 3.05) is 13.1 Å². The van der Waals surface area contributed by atoms with Gasteiger partial charge >= 0.3 is 0 Å². The van der Waals surface area contributed by atoms with E-state index in [1.54, 1.807) is 11.3 Å². The van der Waals surface area contributed by atoms with Crippen LogP contribution in [0.3, 0.4) is 0 Å². The van der Waals surface area contributed by atoms with Crippen molar-refractivity contribution in [3.8, 4) is 0 Å². The normalized spacial score (nSPS) is 29.3. The summed E-state index contributed by atoms with van der Waals surface area (Å²) in [6.07, 6.45) is 5.04. The number of hydrogen-bond donors (Lipinski definition) is 1. The van der Waals surface area contributed by atoms with Crippen LogP contribution >= 0.6 is 22.9 Å². The summed E-state index contributed by atoms with van der Waals surface area (Å²) in [4.78, 5) is 13.1. The van der Waals surface area contributed by atoms with Gasteiger partial charge in [-0.15, -0.1) is 11.3 Å². The number of halogens is 1. The number of nitrogens with zero attached hydrogens (tertiary/aromatic N) is 3. The Morgan fingerprint density at radius 1 is 1.13 bits per heavy atom. The standard InChI is InChI=1S/C25H29ClN4S/c1-14(30-9-7-17-4-5-18(13-30)29-17)16-3-6-19(23(26)11-16)21-12-22(21)24-20-8-10-31-25(20)28-15(2)27-24/h3,6,8,10-11,14,17-18,21-22,29H,4-5,7,9,12-13H2,1-2H3/t14-,17+,18-,21+,22-/m0/s1. The molecule has 6 heteroatoms. The van der Waals surface area contributed by atoms with Crippen LogP contribution in [-0.4, -0.2) is 40.0 Å². The Balaban J connectivity index is 1.21. The lowest BCUT2D eigenvalue weighted by Crippen LogP contribution is -2.36. The molecular weight excluding hydrogens is 424 g/mol. The Bertz CT molecular complexity index is 1130. The summed E-state index contributed by atoms with van der Waals surface area (Å²) in [7, 11) is 0. The molecule has 4 nitrogen and oxygen atoms in total. The molecule has 0 radical (unpaired) electrons. The maximum Gasteiger partial charge on any atom is 0.127 e. The van der Waals surface area contributed by atoms with Crippen molar-refractivity contribution in [3.05, 3.63) is 57.3 Å². The predicted molar refractivity (Wildman–Crippen MR) is 128 cm³/mol. The maximum absolute atomic E-state index is 6.86. The number of nitrogens with one attached hydrogen (secondary N) is 1. The quantitative estimate of drug-likeness (QED) is 0.542. The molecule has 6 rings (SSSR count). The molecule has 31 heavy (non-hydrogen) atoms. The van der Waals surface area contributed by atoms with E-state index in [2.05, 4.69) is 51.8 Å². The Labute approximate surface area is 193 Å². The van der Waals surface area contributed by atoms with Gasteiger partial charge in [0.1, 0.15) is 10.7 Å². The van der Waals surface area contributed by atoms with Crippen LogP contribution in [0.2, 0.25) is 5.02 Å². The molecule has 2 saturated heterocycles. The fourth-order valence-corrected chi connectivity index (χ4v) is 6.90. The summed E-state index contributed by atoms with van der Waals surface area (Å²) in [6.45, 7) is 6.64. The number of thiophene rings is 1. The fraction of sp³-hybridized carbons (Fsp3) is 0.520. The second-order valence-corrected chi connectivity index (χ2v) is 10.9. The molecule has 5 atom stereocenters. The van der Waals surface area contributed by atoms with E-state index in [9.17, 15) is 0 Å². The number of fused-ring (bicyclic) bond motifs is 3. The minimum atomic E-state index is 0.401. The van der Waals surface area contributed by atoms with E-state index in [0.717, 1.165) is 34.7 Å². The van der Waals surface area contributed by atoms with E-state index in [4.69, 9.17) is 16.6 Å². The molecule has 1 saturated carbocycles. The van der Waals surface area contributed by atoms with E-state index in [0.29, 0.717) is 23.9 Å². The number of aryl methyl sites for hydroxylation is 1. The lowest BCUT2D eigenvalue weighted by Gasteiger charge is -2.31. The zero-order chi connectivity index (χ0) is 21.1. The van der Waals surface area contributed by atoms with E-state index in [1.165, 1.54) is 48.0 Å². The lowest BCUT2D eigenvalue weighted by molar-refractivity contribution is 0.200. The topological polar surface area (TPSA) is 41.1 Å². The summed E-state index contributed by atoms with van der Waals surface area (Å²) in [5.41, 5.74) is 3.81. The number of aromatic nitrogens is 2. The molecule has 162 valence electrons. The Morgan fingerprint density at radius 3 is 2.87 bits per heavy atom. The third kappa shape index (κ3) is 3.70. The van der Waals surface area contributed by atoms with Crippen LogP contribution in [-0.2, 0) is 0 Å². The van der Waals surface area contributed by atoms with Gasteiger partial charge in [0.15, 0.2) is 0 Å². The van der Waals surface area contributed by atoms with E-state index < -0.39 is 0 Å². The summed E-state index contributed by atoms with van der Waals surface area (Å²) in [5.74, 6) is 1.78. The molecule has 1 N–H and O–H groups in total. The van der Waals surface area contributed by atoms with Crippen molar-refractivity contribution in [1.82, 2.24) is 20.2 Å². The average Bonchev–Trinajstić information content (AvgIpc) is 3.24. The lowest BCUT2D eigenvalue weighted by atomic mass is 9.99. The summed E-state index contributed by atoms with van der Waals surface area (Å²) >= 11 is 8.56. The molecule has 0 unspecified atom stereocenters. The van der Waals surface area contributed by atoms with Crippen LogP contribution in [0, 0.1) is 6.92 Å². The van der Waals surface area contributed by atoms with Crippen LogP contribution in [0.5, 0.6) is 0 Å². The first-order valence-electron chi connectivity index (χ1n) is 11.6. The zero-order valence-corrected chi connectivity index (χ0v) is 19.7. The van der Waals surface area contributed by atoms with E-state index in [1.807, 2.05) is 6.92 Å². The highest BCUT2D eigenvalue weighted by Gasteiger charge is 2.43. The largest absolute Gasteiger partial charge is 0.310 e. The molecule has 3 aromatic rings. The molecular formula is C25H29ClN4S. The van der Waals surface area contributed by atoms with Gasteiger partial charge in [0.2, 0.25) is 0 Å². The minimum Gasteiger partial charge on any atom is -0.310 e. The summed E-state index contributed by atoms with van der Waals surface area (Å²) < 4.78 is 0. The molecule has 0 spiro atoms. The third-order valence-corrected chi connectivity index (χ3v) is 8.75. The molecule has 2 aromatic heterocycles. The molecule has 3 aliphatic rings. The van der Waals surface area contributed by atoms with Gasteiger partial charge in [-0.05, 0) is 74.1 Å². The summed E-state index contributed by atoms with van der Waals surface area (Å²) in [5, 5.41) is 8.04.